The zero-order valence-corrected chi connectivity index (χ0v) is 14.9. The fourth-order valence-corrected chi connectivity index (χ4v) is 3.32. The van der Waals surface area contributed by atoms with Gasteiger partial charge >= 0.3 is 5.97 Å². The van der Waals surface area contributed by atoms with Gasteiger partial charge in [0.25, 0.3) is 5.91 Å². The summed E-state index contributed by atoms with van der Waals surface area (Å²) in [5.74, 6) is 0.756. The second kappa shape index (κ2) is 7.58. The van der Waals surface area contributed by atoms with Gasteiger partial charge in [0.1, 0.15) is 17.3 Å². The van der Waals surface area contributed by atoms with Crippen LogP contribution in [0.2, 0.25) is 0 Å². The Morgan fingerprint density at radius 3 is 2.63 bits per heavy atom. The molecule has 136 valence electrons. The monoisotopic (exact) mass is 360 g/mol. The second-order valence-electron chi connectivity index (χ2n) is 6.62. The van der Waals surface area contributed by atoms with Crippen molar-refractivity contribution in [2.75, 3.05) is 6.54 Å². The first kappa shape index (κ1) is 17.2. The summed E-state index contributed by atoms with van der Waals surface area (Å²) in [4.78, 5) is 31.4. The third-order valence-electron chi connectivity index (χ3n) is 4.73. The van der Waals surface area contributed by atoms with E-state index in [1.54, 1.807) is 47.4 Å². The van der Waals surface area contributed by atoms with Gasteiger partial charge in [-0.25, -0.2) is 9.79 Å². The van der Waals surface area contributed by atoms with Crippen molar-refractivity contribution < 1.29 is 14.3 Å². The molecule has 5 heteroatoms. The largest absolute Gasteiger partial charge is 0.422 e. The number of fused-ring (bicyclic) bond motifs is 1. The molecule has 0 atom stereocenters. The molecule has 0 aromatic heterocycles. The van der Waals surface area contributed by atoms with Gasteiger partial charge in [-0.1, -0.05) is 42.8 Å². The van der Waals surface area contributed by atoms with Crippen LogP contribution in [0.4, 0.5) is 0 Å². The molecule has 0 bridgehead atoms. The smallest absolute Gasteiger partial charge is 0.343 e. The predicted molar refractivity (Wildman–Crippen MR) is 103 cm³/mol. The maximum Gasteiger partial charge on any atom is 0.343 e. The molecule has 0 unspecified atom stereocenters. The van der Waals surface area contributed by atoms with Crippen LogP contribution in [0.1, 0.15) is 41.6 Å². The Kier molecular flexibility index (Phi) is 4.83. The van der Waals surface area contributed by atoms with Crippen LogP contribution in [0.15, 0.2) is 65.3 Å². The Labute approximate surface area is 158 Å². The highest BCUT2D eigenvalue weighted by Crippen LogP contribution is 2.27. The van der Waals surface area contributed by atoms with Crippen molar-refractivity contribution >= 4 is 23.8 Å². The lowest BCUT2D eigenvalue weighted by molar-refractivity contribution is -0.122. The average Bonchev–Trinajstić information content (AvgIpc) is 2.86. The van der Waals surface area contributed by atoms with Gasteiger partial charge in [-0.3, -0.25) is 9.69 Å². The van der Waals surface area contributed by atoms with E-state index >= 15 is 0 Å². The minimum absolute atomic E-state index is 0.0731. The van der Waals surface area contributed by atoms with Gasteiger partial charge < -0.3 is 4.74 Å². The highest BCUT2D eigenvalue weighted by atomic mass is 16.5. The molecule has 2 aromatic carbocycles. The first-order valence-electron chi connectivity index (χ1n) is 9.20. The molecule has 0 aliphatic carbocycles. The van der Waals surface area contributed by atoms with Crippen molar-refractivity contribution in [3.05, 3.63) is 71.4 Å². The van der Waals surface area contributed by atoms with E-state index in [1.807, 2.05) is 18.2 Å². The highest BCUT2D eigenvalue weighted by Gasteiger charge is 2.30. The highest BCUT2D eigenvalue weighted by molar-refractivity contribution is 6.14. The molecule has 27 heavy (non-hydrogen) atoms. The standard InChI is InChI=1S/C22H20N2O3/c25-21-18(23-20-13-5-2-8-14-24(20)21)15-17-11-6-7-12-19(17)27-22(26)16-9-3-1-4-10-16/h1,3-4,6-7,9-12,15H,2,5,8,13-14H2/b18-15+. The van der Waals surface area contributed by atoms with Crippen LogP contribution in [0, 0.1) is 0 Å². The van der Waals surface area contributed by atoms with Gasteiger partial charge in [0.2, 0.25) is 0 Å². The number of carbonyl (C=O) groups excluding carboxylic acids is 2. The number of esters is 1. The van der Waals surface area contributed by atoms with Crippen LogP contribution in [0.25, 0.3) is 6.08 Å². The number of amides is 1. The fourth-order valence-electron chi connectivity index (χ4n) is 3.32. The first-order valence-corrected chi connectivity index (χ1v) is 9.20. The minimum atomic E-state index is -0.431. The van der Waals surface area contributed by atoms with Crippen LogP contribution in [0.3, 0.4) is 0 Å². The van der Waals surface area contributed by atoms with E-state index in [0.717, 1.165) is 38.1 Å². The molecule has 2 aliphatic heterocycles. The van der Waals surface area contributed by atoms with Crippen molar-refractivity contribution in [2.45, 2.75) is 25.7 Å². The molecule has 0 radical (unpaired) electrons. The Morgan fingerprint density at radius 2 is 1.78 bits per heavy atom. The average molecular weight is 360 g/mol. The quantitative estimate of drug-likeness (QED) is 0.471. The molecule has 2 aromatic rings. The number of hydrogen-bond acceptors (Lipinski definition) is 4. The number of rotatable bonds is 3. The van der Waals surface area contributed by atoms with E-state index in [1.165, 1.54) is 0 Å². The van der Waals surface area contributed by atoms with E-state index in [-0.39, 0.29) is 5.91 Å². The summed E-state index contributed by atoms with van der Waals surface area (Å²) in [5.41, 5.74) is 1.53. The molecule has 0 N–H and O–H groups in total. The van der Waals surface area contributed by atoms with E-state index in [2.05, 4.69) is 4.99 Å². The predicted octanol–water partition coefficient (Wildman–Crippen LogP) is 4.06. The lowest BCUT2D eigenvalue weighted by atomic mass is 10.1. The normalized spacial score (nSPS) is 18.1. The topological polar surface area (TPSA) is 59.0 Å². The fraction of sp³-hybridized carbons (Fsp3) is 0.227. The van der Waals surface area contributed by atoms with Crippen LogP contribution < -0.4 is 4.74 Å². The summed E-state index contributed by atoms with van der Waals surface area (Å²) in [6.07, 6.45) is 5.72. The van der Waals surface area contributed by atoms with Gasteiger partial charge in [-0.2, -0.15) is 0 Å². The van der Waals surface area contributed by atoms with Gasteiger partial charge in [0.05, 0.1) is 5.56 Å². The third kappa shape index (κ3) is 3.67. The second-order valence-corrected chi connectivity index (χ2v) is 6.62. The molecular weight excluding hydrogens is 340 g/mol. The van der Waals surface area contributed by atoms with Gasteiger partial charge in [-0.05, 0) is 37.1 Å². The number of para-hydroxylation sites is 1. The molecule has 0 saturated carbocycles. The number of hydrogen-bond donors (Lipinski definition) is 0. The van der Waals surface area contributed by atoms with Crippen molar-refractivity contribution in [3.63, 3.8) is 0 Å². The number of nitrogens with zero attached hydrogens (tertiary/aromatic N) is 2. The number of benzene rings is 2. The third-order valence-corrected chi connectivity index (χ3v) is 4.73. The molecule has 1 saturated heterocycles. The Bertz CT molecular complexity index is 932. The van der Waals surface area contributed by atoms with Crippen LogP contribution in [-0.4, -0.2) is 29.2 Å². The summed E-state index contributed by atoms with van der Waals surface area (Å²) in [5, 5.41) is 0. The van der Waals surface area contributed by atoms with E-state index < -0.39 is 5.97 Å². The maximum absolute atomic E-state index is 12.7. The van der Waals surface area contributed by atoms with Crippen LogP contribution in [-0.2, 0) is 4.79 Å². The van der Waals surface area contributed by atoms with E-state index in [9.17, 15) is 9.59 Å². The zero-order chi connectivity index (χ0) is 18.6. The lowest BCUT2D eigenvalue weighted by Gasteiger charge is -2.14. The summed E-state index contributed by atoms with van der Waals surface area (Å²) >= 11 is 0. The number of ether oxygens (including phenoxy) is 1. The molecule has 2 aliphatic rings. The van der Waals surface area contributed by atoms with Crippen molar-refractivity contribution in [2.24, 2.45) is 4.99 Å². The molecule has 1 amide bonds. The molecule has 5 nitrogen and oxygen atoms in total. The van der Waals surface area contributed by atoms with E-state index in [0.29, 0.717) is 22.6 Å². The molecule has 0 spiro atoms. The Hall–Kier alpha value is -3.21. The number of aliphatic imine (C=N–C) groups is 1. The van der Waals surface area contributed by atoms with Crippen LogP contribution in [0.5, 0.6) is 5.75 Å². The zero-order valence-electron chi connectivity index (χ0n) is 14.9. The summed E-state index contributed by atoms with van der Waals surface area (Å²) in [7, 11) is 0. The first-order chi connectivity index (χ1) is 13.2. The molecule has 1 fully saturated rings. The van der Waals surface area contributed by atoms with Gasteiger partial charge in [0.15, 0.2) is 0 Å². The van der Waals surface area contributed by atoms with Crippen molar-refractivity contribution in [1.82, 2.24) is 4.90 Å². The minimum Gasteiger partial charge on any atom is -0.422 e. The van der Waals surface area contributed by atoms with Crippen molar-refractivity contribution in [3.8, 4) is 5.75 Å². The van der Waals surface area contributed by atoms with Crippen molar-refractivity contribution in [1.29, 1.82) is 0 Å². The maximum atomic E-state index is 12.7. The SMILES string of the molecule is O=C(Oc1ccccc1/C=C1/N=C2CCCCCN2C1=O)c1ccccc1. The van der Waals surface area contributed by atoms with Crippen LogP contribution >= 0.6 is 0 Å². The Morgan fingerprint density at radius 1 is 1.00 bits per heavy atom. The van der Waals surface area contributed by atoms with Gasteiger partial charge in [-0.15, -0.1) is 0 Å². The summed E-state index contributed by atoms with van der Waals surface area (Å²) < 4.78 is 5.56. The van der Waals surface area contributed by atoms with Gasteiger partial charge in [0, 0.05) is 18.5 Å². The molecule has 2 heterocycles. The summed E-state index contributed by atoms with van der Waals surface area (Å²) in [6.45, 7) is 0.722. The van der Waals surface area contributed by atoms with E-state index in [4.69, 9.17) is 4.74 Å². The lowest BCUT2D eigenvalue weighted by Crippen LogP contribution is -2.31. The molecular formula is C22H20N2O3. The number of carbonyl (C=O) groups is 2. The number of amidine groups is 1. The summed E-state index contributed by atoms with van der Waals surface area (Å²) in [6, 6.07) is 16.0. The Balaban J connectivity index is 1.61. The molecule has 4 rings (SSSR count).